The van der Waals surface area contributed by atoms with Crippen LogP contribution in [-0.4, -0.2) is 30.9 Å². The minimum absolute atomic E-state index is 0.655. The van der Waals surface area contributed by atoms with Gasteiger partial charge in [-0.15, -0.1) is 0 Å². The summed E-state index contributed by atoms with van der Waals surface area (Å²) in [7, 11) is 0. The van der Waals surface area contributed by atoms with Crippen molar-refractivity contribution in [1.82, 2.24) is 24.8 Å². The van der Waals surface area contributed by atoms with Crippen molar-refractivity contribution < 1.29 is 0 Å². The van der Waals surface area contributed by atoms with Crippen molar-refractivity contribution in [2.75, 3.05) is 0 Å². The molecular formula is C19H19N5. The van der Waals surface area contributed by atoms with Gasteiger partial charge >= 0.3 is 0 Å². The molecule has 0 bridgehead atoms. The van der Waals surface area contributed by atoms with Gasteiger partial charge in [-0.3, -0.25) is 14.9 Å². The molecule has 120 valence electrons. The van der Waals surface area contributed by atoms with Crippen LogP contribution in [0.25, 0.3) is 11.4 Å². The second-order valence-corrected chi connectivity index (χ2v) is 6.11. The van der Waals surface area contributed by atoms with Crippen LogP contribution in [0.4, 0.5) is 0 Å². The Bertz CT molecular complexity index is 787. The average molecular weight is 317 g/mol. The molecule has 5 heteroatoms. The van der Waals surface area contributed by atoms with E-state index >= 15 is 0 Å². The zero-order valence-electron chi connectivity index (χ0n) is 13.4. The van der Waals surface area contributed by atoms with E-state index in [0.717, 1.165) is 30.2 Å². The highest BCUT2D eigenvalue weighted by Gasteiger charge is 2.29. The van der Waals surface area contributed by atoms with Gasteiger partial charge in [0.05, 0.1) is 5.69 Å². The van der Waals surface area contributed by atoms with E-state index in [2.05, 4.69) is 25.9 Å². The van der Waals surface area contributed by atoms with Crippen molar-refractivity contribution in [3.63, 3.8) is 0 Å². The first-order valence-electron chi connectivity index (χ1n) is 8.24. The van der Waals surface area contributed by atoms with Gasteiger partial charge in [0.25, 0.3) is 0 Å². The van der Waals surface area contributed by atoms with E-state index in [4.69, 9.17) is 4.98 Å². The predicted octanol–water partition coefficient (Wildman–Crippen LogP) is 3.10. The lowest BCUT2D eigenvalue weighted by Gasteiger charge is -2.21. The number of hydrogen-bond donors (Lipinski definition) is 0. The average Bonchev–Trinajstić information content (AvgIpc) is 3.48. The van der Waals surface area contributed by atoms with Crippen molar-refractivity contribution in [3.8, 4) is 11.4 Å². The molecule has 0 unspecified atom stereocenters. The summed E-state index contributed by atoms with van der Waals surface area (Å²) in [4.78, 5) is 20.0. The fraction of sp³-hybridized carbons (Fsp3) is 0.263. The van der Waals surface area contributed by atoms with E-state index in [1.54, 1.807) is 12.4 Å². The predicted molar refractivity (Wildman–Crippen MR) is 91.8 cm³/mol. The van der Waals surface area contributed by atoms with Crippen LogP contribution in [0.3, 0.4) is 0 Å². The van der Waals surface area contributed by atoms with Gasteiger partial charge in [0.2, 0.25) is 0 Å². The molecule has 1 saturated carbocycles. The number of hydrogen-bond acceptors (Lipinski definition) is 5. The van der Waals surface area contributed by atoms with Gasteiger partial charge in [-0.2, -0.15) is 0 Å². The molecule has 1 aliphatic carbocycles. The normalized spacial score (nSPS) is 14.0. The summed E-state index contributed by atoms with van der Waals surface area (Å²) in [6.45, 7) is 1.74. The lowest BCUT2D eigenvalue weighted by atomic mass is 10.2. The molecular weight excluding hydrogens is 298 g/mol. The van der Waals surface area contributed by atoms with E-state index in [9.17, 15) is 0 Å². The first kappa shape index (κ1) is 14.9. The van der Waals surface area contributed by atoms with Gasteiger partial charge in [-0.05, 0) is 42.7 Å². The molecule has 3 heterocycles. The highest BCUT2D eigenvalue weighted by Crippen LogP contribution is 2.29. The van der Waals surface area contributed by atoms with Gasteiger partial charge < -0.3 is 0 Å². The summed E-state index contributed by atoms with van der Waals surface area (Å²) in [5.41, 5.74) is 3.23. The number of rotatable bonds is 6. The Morgan fingerprint density at radius 1 is 0.917 bits per heavy atom. The standard InChI is InChI=1S/C19H19N5/c1-3-15(11-20-8-1)13-24(18-5-6-18)14-17-7-10-22-19(23-17)16-4-2-9-21-12-16/h1-4,7-12,18H,5-6,13-14H2. The van der Waals surface area contributed by atoms with Gasteiger partial charge in [-0.25, -0.2) is 9.97 Å². The second-order valence-electron chi connectivity index (χ2n) is 6.11. The van der Waals surface area contributed by atoms with Crippen molar-refractivity contribution in [1.29, 1.82) is 0 Å². The summed E-state index contributed by atoms with van der Waals surface area (Å²) in [6, 6.07) is 10.7. The van der Waals surface area contributed by atoms with E-state index in [1.807, 2.05) is 42.9 Å². The molecule has 0 spiro atoms. The van der Waals surface area contributed by atoms with Crippen LogP contribution in [0.2, 0.25) is 0 Å². The quantitative estimate of drug-likeness (QED) is 0.699. The molecule has 0 saturated heterocycles. The Hall–Kier alpha value is -2.66. The van der Waals surface area contributed by atoms with Crippen LogP contribution >= 0.6 is 0 Å². The molecule has 0 aromatic carbocycles. The zero-order valence-corrected chi connectivity index (χ0v) is 13.4. The molecule has 0 amide bonds. The highest BCUT2D eigenvalue weighted by atomic mass is 15.2. The fourth-order valence-corrected chi connectivity index (χ4v) is 2.81. The SMILES string of the molecule is c1cncc(CN(Cc2ccnc(-c3cccnc3)n2)C2CC2)c1. The Morgan fingerprint density at radius 3 is 2.46 bits per heavy atom. The molecule has 5 nitrogen and oxygen atoms in total. The van der Waals surface area contributed by atoms with Crippen molar-refractivity contribution in [3.05, 3.63) is 72.6 Å². The number of aromatic nitrogens is 4. The maximum Gasteiger partial charge on any atom is 0.160 e. The fourth-order valence-electron chi connectivity index (χ4n) is 2.81. The molecule has 24 heavy (non-hydrogen) atoms. The Morgan fingerprint density at radius 2 is 1.75 bits per heavy atom. The summed E-state index contributed by atoms with van der Waals surface area (Å²) in [5, 5.41) is 0. The van der Waals surface area contributed by atoms with Crippen molar-refractivity contribution in [2.45, 2.75) is 32.0 Å². The van der Waals surface area contributed by atoms with E-state index < -0.39 is 0 Å². The van der Waals surface area contributed by atoms with E-state index in [-0.39, 0.29) is 0 Å². The topological polar surface area (TPSA) is 54.8 Å². The summed E-state index contributed by atoms with van der Waals surface area (Å²) in [6.07, 6.45) is 11.7. The Kier molecular flexibility index (Phi) is 4.25. The lowest BCUT2D eigenvalue weighted by molar-refractivity contribution is 0.242. The zero-order chi connectivity index (χ0) is 16.2. The van der Waals surface area contributed by atoms with E-state index in [1.165, 1.54) is 18.4 Å². The molecule has 1 fully saturated rings. The summed E-state index contributed by atoms with van der Waals surface area (Å²) in [5.74, 6) is 0.734. The van der Waals surface area contributed by atoms with Gasteiger partial charge in [0, 0.05) is 55.7 Å². The van der Waals surface area contributed by atoms with Crippen LogP contribution in [0.15, 0.2) is 61.3 Å². The first-order valence-corrected chi connectivity index (χ1v) is 8.24. The maximum absolute atomic E-state index is 4.73. The largest absolute Gasteiger partial charge is 0.290 e. The van der Waals surface area contributed by atoms with Crippen LogP contribution in [0.1, 0.15) is 24.1 Å². The van der Waals surface area contributed by atoms with Gasteiger partial charge in [0.15, 0.2) is 5.82 Å². The molecule has 3 aromatic rings. The smallest absolute Gasteiger partial charge is 0.160 e. The summed E-state index contributed by atoms with van der Waals surface area (Å²) < 4.78 is 0. The third-order valence-electron chi connectivity index (χ3n) is 4.17. The third-order valence-corrected chi connectivity index (χ3v) is 4.17. The molecule has 0 N–H and O–H groups in total. The van der Waals surface area contributed by atoms with Crippen LogP contribution < -0.4 is 0 Å². The van der Waals surface area contributed by atoms with Crippen LogP contribution in [-0.2, 0) is 13.1 Å². The molecule has 4 rings (SSSR count). The minimum atomic E-state index is 0.655. The monoisotopic (exact) mass is 317 g/mol. The van der Waals surface area contributed by atoms with Crippen molar-refractivity contribution >= 4 is 0 Å². The molecule has 1 aliphatic rings. The van der Waals surface area contributed by atoms with Gasteiger partial charge in [-0.1, -0.05) is 6.07 Å². The summed E-state index contributed by atoms with van der Waals surface area (Å²) >= 11 is 0. The first-order chi connectivity index (χ1) is 11.9. The Balaban J connectivity index is 1.52. The highest BCUT2D eigenvalue weighted by molar-refractivity contribution is 5.52. The third kappa shape index (κ3) is 3.63. The lowest BCUT2D eigenvalue weighted by Crippen LogP contribution is -2.25. The molecule has 0 atom stereocenters. The van der Waals surface area contributed by atoms with Gasteiger partial charge in [0.1, 0.15) is 0 Å². The number of pyridine rings is 2. The van der Waals surface area contributed by atoms with Crippen LogP contribution in [0.5, 0.6) is 0 Å². The Labute approximate surface area is 141 Å². The molecule has 3 aromatic heterocycles. The van der Waals surface area contributed by atoms with Crippen LogP contribution in [0, 0.1) is 0 Å². The maximum atomic E-state index is 4.73. The van der Waals surface area contributed by atoms with E-state index in [0.29, 0.717) is 6.04 Å². The molecule has 0 aliphatic heterocycles. The number of nitrogens with zero attached hydrogens (tertiary/aromatic N) is 5. The second kappa shape index (κ2) is 6.84. The van der Waals surface area contributed by atoms with Crippen molar-refractivity contribution in [2.24, 2.45) is 0 Å². The molecule has 0 radical (unpaired) electrons. The minimum Gasteiger partial charge on any atom is -0.290 e.